The number of likely N-dealkylation sites (tertiary alicyclic amines) is 1. The van der Waals surface area contributed by atoms with Crippen LogP contribution < -0.4 is 5.56 Å². The van der Waals surface area contributed by atoms with Gasteiger partial charge in [-0.1, -0.05) is 6.42 Å². The van der Waals surface area contributed by atoms with E-state index in [-0.39, 0.29) is 5.56 Å². The molecule has 2 aliphatic rings. The van der Waals surface area contributed by atoms with Crippen LogP contribution in [0.5, 0.6) is 0 Å². The second-order valence-corrected chi connectivity index (χ2v) is 8.69. The Morgan fingerprint density at radius 2 is 1.83 bits per heavy atom. The molecule has 0 bridgehead atoms. The van der Waals surface area contributed by atoms with Crippen LogP contribution in [0.4, 0.5) is 0 Å². The second kappa shape index (κ2) is 7.75. The van der Waals surface area contributed by atoms with Crippen LogP contribution in [0.1, 0.15) is 48.0 Å². The number of aromatic nitrogens is 6. The SMILES string of the molecule is Cc1cc(C)n(-c2ccc(=O)n(CC3CN(Cc4cnc(C5CCC5)nc4)C3)n2)n1. The highest BCUT2D eigenvalue weighted by molar-refractivity contribution is 5.23. The van der Waals surface area contributed by atoms with Crippen LogP contribution in [-0.4, -0.2) is 47.5 Å². The predicted octanol–water partition coefficient (Wildman–Crippen LogP) is 2.24. The lowest BCUT2D eigenvalue weighted by Crippen LogP contribution is -2.49. The van der Waals surface area contributed by atoms with Crippen molar-refractivity contribution < 1.29 is 0 Å². The number of aryl methyl sites for hydroxylation is 2. The quantitative estimate of drug-likeness (QED) is 0.626. The molecule has 0 N–H and O–H groups in total. The molecule has 0 aromatic carbocycles. The maximum atomic E-state index is 12.3. The highest BCUT2D eigenvalue weighted by atomic mass is 16.1. The number of rotatable bonds is 6. The van der Waals surface area contributed by atoms with Crippen LogP contribution in [0.15, 0.2) is 35.4 Å². The summed E-state index contributed by atoms with van der Waals surface area (Å²) in [4.78, 5) is 23.8. The first kappa shape index (κ1) is 19.1. The van der Waals surface area contributed by atoms with Crippen LogP contribution in [0.2, 0.25) is 0 Å². The third kappa shape index (κ3) is 3.79. The van der Waals surface area contributed by atoms with Crippen molar-refractivity contribution in [2.24, 2.45) is 5.92 Å². The Hall–Kier alpha value is -2.87. The second-order valence-electron chi connectivity index (χ2n) is 8.69. The van der Waals surface area contributed by atoms with E-state index in [2.05, 4.69) is 25.1 Å². The first-order chi connectivity index (χ1) is 14.5. The molecule has 1 saturated carbocycles. The van der Waals surface area contributed by atoms with Crippen molar-refractivity contribution >= 4 is 0 Å². The Labute approximate surface area is 175 Å². The van der Waals surface area contributed by atoms with Gasteiger partial charge in [0, 0.05) is 61.2 Å². The van der Waals surface area contributed by atoms with E-state index in [1.54, 1.807) is 21.5 Å². The molecular weight excluding hydrogens is 378 g/mol. The van der Waals surface area contributed by atoms with Crippen LogP contribution in [0.3, 0.4) is 0 Å². The lowest BCUT2D eigenvalue weighted by Gasteiger charge is -2.39. The summed E-state index contributed by atoms with van der Waals surface area (Å²) in [5, 5.41) is 9.02. The summed E-state index contributed by atoms with van der Waals surface area (Å²) >= 11 is 0. The molecule has 5 rings (SSSR count). The smallest absolute Gasteiger partial charge is 0.266 e. The van der Waals surface area contributed by atoms with E-state index in [1.165, 1.54) is 19.3 Å². The zero-order valence-electron chi connectivity index (χ0n) is 17.5. The van der Waals surface area contributed by atoms with Crippen molar-refractivity contribution in [3.05, 3.63) is 63.7 Å². The maximum absolute atomic E-state index is 12.3. The molecule has 4 heterocycles. The molecule has 1 aliphatic heterocycles. The molecule has 0 amide bonds. The van der Waals surface area contributed by atoms with Gasteiger partial charge in [0.15, 0.2) is 5.82 Å². The van der Waals surface area contributed by atoms with Crippen LogP contribution >= 0.6 is 0 Å². The Morgan fingerprint density at radius 3 is 2.47 bits per heavy atom. The van der Waals surface area contributed by atoms with E-state index in [0.717, 1.165) is 42.4 Å². The molecular formula is C22H27N7O. The van der Waals surface area contributed by atoms with E-state index < -0.39 is 0 Å². The minimum atomic E-state index is -0.0706. The first-order valence-electron chi connectivity index (χ1n) is 10.7. The topological polar surface area (TPSA) is 81.7 Å². The van der Waals surface area contributed by atoms with Crippen molar-refractivity contribution in [2.45, 2.75) is 52.1 Å². The number of nitrogens with zero attached hydrogens (tertiary/aromatic N) is 7. The van der Waals surface area contributed by atoms with Crippen molar-refractivity contribution in [1.29, 1.82) is 0 Å². The summed E-state index contributed by atoms with van der Waals surface area (Å²) in [6.45, 7) is 7.32. The minimum absolute atomic E-state index is 0.0706. The number of hydrogen-bond donors (Lipinski definition) is 0. The summed E-state index contributed by atoms with van der Waals surface area (Å²) in [6.07, 6.45) is 7.69. The molecule has 0 spiro atoms. The van der Waals surface area contributed by atoms with Crippen molar-refractivity contribution in [3.63, 3.8) is 0 Å². The van der Waals surface area contributed by atoms with Crippen LogP contribution in [0, 0.1) is 19.8 Å². The monoisotopic (exact) mass is 405 g/mol. The van der Waals surface area contributed by atoms with Gasteiger partial charge in [-0.05, 0) is 38.8 Å². The third-order valence-corrected chi connectivity index (χ3v) is 6.14. The minimum Gasteiger partial charge on any atom is -0.298 e. The predicted molar refractivity (Wildman–Crippen MR) is 112 cm³/mol. The van der Waals surface area contributed by atoms with Gasteiger partial charge in [0.25, 0.3) is 5.56 Å². The van der Waals surface area contributed by atoms with Crippen molar-refractivity contribution in [3.8, 4) is 5.82 Å². The fourth-order valence-electron chi connectivity index (χ4n) is 4.29. The average Bonchev–Trinajstić information content (AvgIpc) is 2.99. The molecule has 156 valence electrons. The normalized spacial score (nSPS) is 17.7. The summed E-state index contributed by atoms with van der Waals surface area (Å²) < 4.78 is 3.36. The standard InChI is InChI=1S/C22H27N7O/c1-15-8-16(2)29(25-15)20-6-7-21(30)28(26-20)14-18-12-27(13-18)11-17-9-23-22(24-10-17)19-4-3-5-19/h6-10,18-19H,3-5,11-14H2,1-2H3. The van der Waals surface area contributed by atoms with Crippen LogP contribution in [-0.2, 0) is 13.1 Å². The van der Waals surface area contributed by atoms with E-state index in [0.29, 0.717) is 24.2 Å². The molecule has 30 heavy (non-hydrogen) atoms. The van der Waals surface area contributed by atoms with Gasteiger partial charge < -0.3 is 0 Å². The zero-order chi connectivity index (χ0) is 20.7. The van der Waals surface area contributed by atoms with Gasteiger partial charge in [-0.3, -0.25) is 9.69 Å². The molecule has 3 aromatic rings. The van der Waals surface area contributed by atoms with Gasteiger partial charge in [0.1, 0.15) is 5.82 Å². The molecule has 8 nitrogen and oxygen atoms in total. The molecule has 1 aliphatic carbocycles. The molecule has 0 unspecified atom stereocenters. The largest absolute Gasteiger partial charge is 0.298 e. The summed E-state index contributed by atoms with van der Waals surface area (Å²) in [5.74, 6) is 2.67. The van der Waals surface area contributed by atoms with Gasteiger partial charge in [0.2, 0.25) is 0 Å². The average molecular weight is 406 g/mol. The van der Waals surface area contributed by atoms with E-state index in [9.17, 15) is 4.79 Å². The molecule has 8 heteroatoms. The fourth-order valence-corrected chi connectivity index (χ4v) is 4.29. The first-order valence-corrected chi connectivity index (χ1v) is 10.7. The summed E-state index contributed by atoms with van der Waals surface area (Å²) in [7, 11) is 0. The van der Waals surface area contributed by atoms with E-state index in [1.807, 2.05) is 32.3 Å². The van der Waals surface area contributed by atoms with E-state index in [4.69, 9.17) is 0 Å². The lowest BCUT2D eigenvalue weighted by molar-refractivity contribution is 0.0764. The van der Waals surface area contributed by atoms with E-state index >= 15 is 0 Å². The van der Waals surface area contributed by atoms with Crippen molar-refractivity contribution in [1.82, 2.24) is 34.4 Å². The highest BCUT2D eigenvalue weighted by Gasteiger charge is 2.28. The third-order valence-electron chi connectivity index (χ3n) is 6.14. The fraction of sp³-hybridized carbons (Fsp3) is 0.500. The van der Waals surface area contributed by atoms with Gasteiger partial charge in [-0.2, -0.15) is 5.10 Å². The molecule has 1 saturated heterocycles. The van der Waals surface area contributed by atoms with Gasteiger partial charge in [-0.25, -0.2) is 19.3 Å². The molecule has 3 aromatic heterocycles. The van der Waals surface area contributed by atoms with Crippen molar-refractivity contribution in [2.75, 3.05) is 13.1 Å². The maximum Gasteiger partial charge on any atom is 0.266 e. The van der Waals surface area contributed by atoms with Gasteiger partial charge >= 0.3 is 0 Å². The Balaban J connectivity index is 1.18. The Bertz CT molecular complexity index is 1090. The Kier molecular flexibility index (Phi) is 4.94. The molecule has 2 fully saturated rings. The lowest BCUT2D eigenvalue weighted by atomic mass is 9.85. The Morgan fingerprint density at radius 1 is 1.07 bits per heavy atom. The van der Waals surface area contributed by atoms with Gasteiger partial charge in [0.05, 0.1) is 12.2 Å². The van der Waals surface area contributed by atoms with Gasteiger partial charge in [-0.15, -0.1) is 5.10 Å². The van der Waals surface area contributed by atoms with Crippen LogP contribution in [0.25, 0.3) is 5.82 Å². The molecule has 0 atom stereocenters. The highest BCUT2D eigenvalue weighted by Crippen LogP contribution is 2.34. The summed E-state index contributed by atoms with van der Waals surface area (Å²) in [6, 6.07) is 5.32. The zero-order valence-corrected chi connectivity index (χ0v) is 17.5. The number of hydrogen-bond acceptors (Lipinski definition) is 6. The molecule has 0 radical (unpaired) electrons. The summed E-state index contributed by atoms with van der Waals surface area (Å²) in [5.41, 5.74) is 3.02.